The molecule has 0 unspecified atom stereocenters. The zero-order chi connectivity index (χ0) is 8.10. The lowest BCUT2D eigenvalue weighted by atomic mass is 10.2. The molecule has 0 radical (unpaired) electrons. The molecule has 0 aromatic rings. The first kappa shape index (κ1) is 10.4. The molecule has 1 heterocycles. The van der Waals surface area contributed by atoms with Crippen LogP contribution in [0, 0.1) is 0 Å². The van der Waals surface area contributed by atoms with Crippen molar-refractivity contribution >= 4 is 12.2 Å². The Morgan fingerprint density at radius 1 is 1.67 bits per heavy atom. The first-order valence-corrected chi connectivity index (χ1v) is 3.20. The highest BCUT2D eigenvalue weighted by atomic mass is 16.1. The topological polar surface area (TPSA) is 99.0 Å². The molecule has 0 spiro atoms. The number of carbonyl (C=O) groups excluding carboxylic acids is 1. The van der Waals surface area contributed by atoms with Gasteiger partial charge in [0.1, 0.15) is 0 Å². The van der Waals surface area contributed by atoms with E-state index in [4.69, 9.17) is 5.73 Å². The van der Waals surface area contributed by atoms with Gasteiger partial charge < -0.3 is 16.5 Å². The monoisotopic (exact) mass is 169 g/mol. The summed E-state index contributed by atoms with van der Waals surface area (Å²) in [7, 11) is 0. The summed E-state index contributed by atoms with van der Waals surface area (Å²) in [6, 6.07) is 0. The normalized spacial score (nSPS) is 13.8. The number of primary amides is 1. The van der Waals surface area contributed by atoms with E-state index in [1.165, 1.54) is 6.34 Å². The van der Waals surface area contributed by atoms with Crippen molar-refractivity contribution in [1.29, 1.82) is 0 Å². The molecule has 66 valence electrons. The Morgan fingerprint density at radius 2 is 2.42 bits per heavy atom. The van der Waals surface area contributed by atoms with Crippen LogP contribution in [-0.4, -0.2) is 17.7 Å². The lowest BCUT2D eigenvalue weighted by molar-refractivity contribution is -0.117. The average Bonchev–Trinajstić information content (AvgIpc) is 2.14. The van der Waals surface area contributed by atoms with Crippen molar-refractivity contribution in [1.82, 2.24) is 5.32 Å². The predicted octanol–water partition coefficient (Wildman–Crippen LogP) is -0.934. The van der Waals surface area contributed by atoms with E-state index in [-0.39, 0.29) is 17.8 Å². The molecule has 0 atom stereocenters. The highest BCUT2D eigenvalue weighted by molar-refractivity contribution is 5.77. The summed E-state index contributed by atoms with van der Waals surface area (Å²) >= 11 is 0. The number of rotatable bonds is 2. The Balaban J connectivity index is 0.00000121. The first-order valence-electron chi connectivity index (χ1n) is 3.20. The van der Waals surface area contributed by atoms with Gasteiger partial charge in [-0.15, -0.1) is 0 Å². The van der Waals surface area contributed by atoms with Crippen molar-refractivity contribution in [2.75, 3.05) is 0 Å². The van der Waals surface area contributed by atoms with E-state index in [0.717, 1.165) is 5.57 Å². The van der Waals surface area contributed by atoms with Gasteiger partial charge in [-0.2, -0.15) is 0 Å². The van der Waals surface area contributed by atoms with E-state index >= 15 is 0 Å². The standard InChI is InChI=1S/C7H9N3O.H2O/c8-7(11)3-6-1-2-9-5-10-4-6;/h1-2,4-5H,3H2,(H2,8,11)(H,9,10);1H2. The lowest BCUT2D eigenvalue weighted by Crippen LogP contribution is -2.10. The van der Waals surface area contributed by atoms with Gasteiger partial charge in [0.25, 0.3) is 0 Å². The Labute approximate surface area is 70.0 Å². The third kappa shape index (κ3) is 3.52. The molecule has 5 nitrogen and oxygen atoms in total. The number of aliphatic imine (C=N–C) groups is 1. The zero-order valence-corrected chi connectivity index (χ0v) is 6.45. The molecule has 0 saturated carbocycles. The van der Waals surface area contributed by atoms with Crippen LogP contribution in [0.15, 0.2) is 29.0 Å². The number of carbonyl (C=O) groups is 1. The minimum absolute atomic E-state index is 0. The van der Waals surface area contributed by atoms with Crippen molar-refractivity contribution in [3.63, 3.8) is 0 Å². The third-order valence-corrected chi connectivity index (χ3v) is 1.16. The lowest BCUT2D eigenvalue weighted by Gasteiger charge is -1.92. The van der Waals surface area contributed by atoms with Crippen molar-refractivity contribution in [3.05, 3.63) is 24.0 Å². The Kier molecular flexibility index (Phi) is 4.40. The smallest absolute Gasteiger partial charge is 0.221 e. The van der Waals surface area contributed by atoms with Crippen LogP contribution in [0.5, 0.6) is 0 Å². The van der Waals surface area contributed by atoms with Crippen LogP contribution in [0.2, 0.25) is 0 Å². The predicted molar refractivity (Wildman–Crippen MR) is 46.3 cm³/mol. The molecule has 0 fully saturated rings. The van der Waals surface area contributed by atoms with Crippen LogP contribution in [0.25, 0.3) is 0 Å². The van der Waals surface area contributed by atoms with Gasteiger partial charge in [-0.05, 0) is 11.6 Å². The summed E-state index contributed by atoms with van der Waals surface area (Å²) in [6.07, 6.45) is 6.82. The number of hydrogen-bond acceptors (Lipinski definition) is 3. The van der Waals surface area contributed by atoms with E-state index in [0.29, 0.717) is 0 Å². The van der Waals surface area contributed by atoms with Gasteiger partial charge in [0.2, 0.25) is 5.91 Å². The highest BCUT2D eigenvalue weighted by Gasteiger charge is 1.98. The van der Waals surface area contributed by atoms with Crippen LogP contribution in [0.3, 0.4) is 0 Å². The Bertz CT molecular complexity index is 243. The van der Waals surface area contributed by atoms with Crippen molar-refractivity contribution in [2.45, 2.75) is 6.42 Å². The van der Waals surface area contributed by atoms with Crippen LogP contribution in [0.1, 0.15) is 6.42 Å². The molecule has 5 heteroatoms. The second kappa shape index (κ2) is 5.09. The maximum absolute atomic E-state index is 10.5. The van der Waals surface area contributed by atoms with E-state index in [9.17, 15) is 4.79 Å². The van der Waals surface area contributed by atoms with Gasteiger partial charge in [0, 0.05) is 12.4 Å². The number of nitrogens with one attached hydrogen (secondary N) is 1. The van der Waals surface area contributed by atoms with Gasteiger partial charge in [0.15, 0.2) is 0 Å². The third-order valence-electron chi connectivity index (χ3n) is 1.16. The molecule has 0 aromatic heterocycles. The number of amides is 1. The fourth-order valence-electron chi connectivity index (χ4n) is 0.723. The van der Waals surface area contributed by atoms with Gasteiger partial charge in [-0.3, -0.25) is 4.79 Å². The van der Waals surface area contributed by atoms with E-state index < -0.39 is 0 Å². The summed E-state index contributed by atoms with van der Waals surface area (Å²) in [5.74, 6) is -0.349. The van der Waals surface area contributed by atoms with E-state index in [2.05, 4.69) is 10.3 Å². The summed E-state index contributed by atoms with van der Waals surface area (Å²) in [5, 5.41) is 2.77. The molecule has 1 amide bonds. The maximum Gasteiger partial charge on any atom is 0.221 e. The minimum atomic E-state index is -0.349. The molecule has 0 aliphatic carbocycles. The molecular weight excluding hydrogens is 158 g/mol. The van der Waals surface area contributed by atoms with Crippen molar-refractivity contribution in [2.24, 2.45) is 10.7 Å². The first-order chi connectivity index (χ1) is 5.29. The molecule has 0 bridgehead atoms. The molecule has 1 rings (SSSR count). The fraction of sp³-hybridized carbons (Fsp3) is 0.143. The Morgan fingerprint density at radius 3 is 3.08 bits per heavy atom. The van der Waals surface area contributed by atoms with Gasteiger partial charge in [0.05, 0.1) is 12.8 Å². The van der Waals surface area contributed by atoms with Gasteiger partial charge in [-0.25, -0.2) is 4.99 Å². The van der Waals surface area contributed by atoms with Gasteiger partial charge >= 0.3 is 0 Å². The fourth-order valence-corrected chi connectivity index (χ4v) is 0.723. The SMILES string of the molecule is NC(=O)CC1=CN=CNC=C1.O. The number of hydrogen-bond donors (Lipinski definition) is 2. The second-order valence-electron chi connectivity index (χ2n) is 2.13. The molecule has 1 aliphatic rings. The van der Waals surface area contributed by atoms with Crippen LogP contribution < -0.4 is 11.1 Å². The Hall–Kier alpha value is -1.62. The van der Waals surface area contributed by atoms with Gasteiger partial charge in [-0.1, -0.05) is 0 Å². The van der Waals surface area contributed by atoms with Crippen molar-refractivity contribution < 1.29 is 10.3 Å². The minimum Gasteiger partial charge on any atom is -0.412 e. The summed E-state index contributed by atoms with van der Waals surface area (Å²) < 4.78 is 0. The highest BCUT2D eigenvalue weighted by Crippen LogP contribution is 2.03. The summed E-state index contributed by atoms with van der Waals surface area (Å²) in [4.78, 5) is 14.3. The largest absolute Gasteiger partial charge is 0.412 e. The molecule has 0 aromatic carbocycles. The number of nitrogens with zero attached hydrogens (tertiary/aromatic N) is 1. The number of nitrogens with two attached hydrogens (primary N) is 1. The van der Waals surface area contributed by atoms with Crippen LogP contribution in [0.4, 0.5) is 0 Å². The number of allylic oxidation sites excluding steroid dienone is 1. The average molecular weight is 169 g/mol. The molecule has 0 saturated heterocycles. The molecule has 5 N–H and O–H groups in total. The van der Waals surface area contributed by atoms with E-state index in [1.807, 2.05) is 0 Å². The molecule has 12 heavy (non-hydrogen) atoms. The second-order valence-corrected chi connectivity index (χ2v) is 2.13. The van der Waals surface area contributed by atoms with Crippen molar-refractivity contribution in [3.8, 4) is 0 Å². The maximum atomic E-state index is 10.5. The van der Waals surface area contributed by atoms with Crippen LogP contribution in [-0.2, 0) is 4.79 Å². The summed E-state index contributed by atoms with van der Waals surface area (Å²) in [5.41, 5.74) is 5.79. The van der Waals surface area contributed by atoms with E-state index in [1.54, 1.807) is 18.5 Å². The van der Waals surface area contributed by atoms with Crippen LogP contribution >= 0.6 is 0 Å². The molecular formula is C7H11N3O2. The zero-order valence-electron chi connectivity index (χ0n) is 6.45. The quantitative estimate of drug-likeness (QED) is 0.558. The summed E-state index contributed by atoms with van der Waals surface area (Å²) in [6.45, 7) is 0. The molecule has 1 aliphatic heterocycles.